The molecule has 1 N–H and O–H groups in total. The first kappa shape index (κ1) is 24.3. The Hall–Kier alpha value is -3.84. The van der Waals surface area contributed by atoms with Gasteiger partial charge in [0.05, 0.1) is 26.4 Å². The van der Waals surface area contributed by atoms with E-state index in [0.29, 0.717) is 49.8 Å². The summed E-state index contributed by atoms with van der Waals surface area (Å²) in [6.45, 7) is 2.09. The Bertz CT molecular complexity index is 1110. The van der Waals surface area contributed by atoms with Crippen LogP contribution in [-0.2, 0) is 16.0 Å². The maximum atomic E-state index is 13.2. The van der Waals surface area contributed by atoms with E-state index < -0.39 is 0 Å². The number of nitrogens with one attached hydrogen (secondary N) is 1. The summed E-state index contributed by atoms with van der Waals surface area (Å²) >= 11 is 0. The van der Waals surface area contributed by atoms with Crippen molar-refractivity contribution in [1.29, 1.82) is 0 Å². The molecule has 0 aromatic heterocycles. The monoisotopic (exact) mass is 474 g/mol. The molecular formula is C28H30N2O5. The molecule has 7 heteroatoms. The molecule has 1 saturated heterocycles. The van der Waals surface area contributed by atoms with Crippen molar-refractivity contribution in [3.8, 4) is 11.5 Å². The highest BCUT2D eigenvalue weighted by molar-refractivity contribution is 5.95. The Labute approximate surface area is 205 Å². The number of hydrogen-bond acceptors (Lipinski definition) is 5. The number of carbonyl (C=O) groups excluding carboxylic acids is 2. The molecule has 3 aromatic rings. The van der Waals surface area contributed by atoms with E-state index in [1.807, 2.05) is 48.5 Å². The van der Waals surface area contributed by atoms with Gasteiger partial charge < -0.3 is 24.4 Å². The third-order valence-corrected chi connectivity index (χ3v) is 5.93. The van der Waals surface area contributed by atoms with Crippen molar-refractivity contribution in [2.75, 3.05) is 40.0 Å². The SMILES string of the molecule is COc1cc(C(=O)N[C@H](Cc2ccccc2)c2ccccc2)ccc1OCC(=O)N1CCOCC1. The van der Waals surface area contributed by atoms with Crippen molar-refractivity contribution in [2.45, 2.75) is 12.5 Å². The number of rotatable bonds is 9. The van der Waals surface area contributed by atoms with Gasteiger partial charge in [-0.15, -0.1) is 0 Å². The van der Waals surface area contributed by atoms with Gasteiger partial charge in [0.1, 0.15) is 0 Å². The second kappa shape index (κ2) is 12.0. The van der Waals surface area contributed by atoms with Crippen molar-refractivity contribution >= 4 is 11.8 Å². The lowest BCUT2D eigenvalue weighted by Gasteiger charge is -2.26. The number of nitrogens with zero attached hydrogens (tertiary/aromatic N) is 1. The molecule has 35 heavy (non-hydrogen) atoms. The van der Waals surface area contributed by atoms with Gasteiger partial charge in [0.15, 0.2) is 18.1 Å². The van der Waals surface area contributed by atoms with Gasteiger partial charge in [0.25, 0.3) is 11.8 Å². The van der Waals surface area contributed by atoms with Crippen LogP contribution in [0.4, 0.5) is 0 Å². The van der Waals surface area contributed by atoms with Crippen molar-refractivity contribution in [1.82, 2.24) is 10.2 Å². The third-order valence-electron chi connectivity index (χ3n) is 5.93. The van der Waals surface area contributed by atoms with Crippen LogP contribution in [0, 0.1) is 0 Å². The van der Waals surface area contributed by atoms with Gasteiger partial charge in [-0.1, -0.05) is 60.7 Å². The second-order valence-corrected chi connectivity index (χ2v) is 8.27. The first-order chi connectivity index (χ1) is 17.1. The molecule has 2 amide bonds. The molecule has 1 aliphatic heterocycles. The Morgan fingerprint density at radius 2 is 1.63 bits per heavy atom. The van der Waals surface area contributed by atoms with Crippen LogP contribution in [0.2, 0.25) is 0 Å². The van der Waals surface area contributed by atoms with E-state index in [1.54, 1.807) is 23.1 Å². The van der Waals surface area contributed by atoms with E-state index >= 15 is 0 Å². The summed E-state index contributed by atoms with van der Waals surface area (Å²) in [4.78, 5) is 27.3. The van der Waals surface area contributed by atoms with Gasteiger partial charge in [-0.25, -0.2) is 0 Å². The third kappa shape index (κ3) is 6.61. The minimum atomic E-state index is -0.218. The summed E-state index contributed by atoms with van der Waals surface area (Å²) in [5.41, 5.74) is 2.61. The van der Waals surface area contributed by atoms with Crippen LogP contribution < -0.4 is 14.8 Å². The highest BCUT2D eigenvalue weighted by Crippen LogP contribution is 2.29. The summed E-state index contributed by atoms with van der Waals surface area (Å²) in [5, 5.41) is 3.15. The standard InChI is InChI=1S/C28H30N2O5/c1-33-26-19-23(12-13-25(26)35-20-27(31)30-14-16-34-17-15-30)28(32)29-24(22-10-6-3-7-11-22)18-21-8-4-2-5-9-21/h2-13,19,24H,14-18,20H2,1H3,(H,29,32)/t24-/m1/s1. The van der Waals surface area contributed by atoms with Gasteiger partial charge >= 0.3 is 0 Å². The normalized spacial score (nSPS) is 14.1. The molecular weight excluding hydrogens is 444 g/mol. The van der Waals surface area contributed by atoms with Crippen LogP contribution in [0.3, 0.4) is 0 Å². The summed E-state index contributed by atoms with van der Waals surface area (Å²) < 4.78 is 16.4. The fraction of sp³-hybridized carbons (Fsp3) is 0.286. The highest BCUT2D eigenvalue weighted by atomic mass is 16.5. The zero-order valence-corrected chi connectivity index (χ0v) is 19.8. The Morgan fingerprint density at radius 1 is 0.943 bits per heavy atom. The van der Waals surface area contributed by atoms with E-state index in [9.17, 15) is 9.59 Å². The van der Waals surface area contributed by atoms with Crippen LogP contribution in [-0.4, -0.2) is 56.7 Å². The lowest BCUT2D eigenvalue weighted by Crippen LogP contribution is -2.43. The average Bonchev–Trinajstić information content (AvgIpc) is 2.92. The zero-order chi connectivity index (χ0) is 24.5. The van der Waals surface area contributed by atoms with E-state index in [2.05, 4.69) is 17.4 Å². The van der Waals surface area contributed by atoms with Crippen LogP contribution in [0.5, 0.6) is 11.5 Å². The van der Waals surface area contributed by atoms with Gasteiger partial charge in [-0.3, -0.25) is 9.59 Å². The number of benzene rings is 3. The predicted molar refractivity (Wildman–Crippen MR) is 133 cm³/mol. The molecule has 4 rings (SSSR count). The molecule has 1 heterocycles. The van der Waals surface area contributed by atoms with Crippen molar-refractivity contribution < 1.29 is 23.8 Å². The number of carbonyl (C=O) groups is 2. The Balaban J connectivity index is 1.45. The number of hydrogen-bond donors (Lipinski definition) is 1. The lowest BCUT2D eigenvalue weighted by molar-refractivity contribution is -0.137. The van der Waals surface area contributed by atoms with E-state index in [1.165, 1.54) is 7.11 Å². The molecule has 0 radical (unpaired) electrons. The topological polar surface area (TPSA) is 77.1 Å². The van der Waals surface area contributed by atoms with Crippen LogP contribution in [0.25, 0.3) is 0 Å². The average molecular weight is 475 g/mol. The summed E-state index contributed by atoms with van der Waals surface area (Å²) in [7, 11) is 1.51. The number of amides is 2. The van der Waals surface area contributed by atoms with Gasteiger partial charge in [0.2, 0.25) is 0 Å². The molecule has 1 atom stereocenters. The first-order valence-corrected chi connectivity index (χ1v) is 11.7. The van der Waals surface area contributed by atoms with Gasteiger partial charge in [-0.2, -0.15) is 0 Å². The predicted octanol–water partition coefficient (Wildman–Crippen LogP) is 3.65. The maximum absolute atomic E-state index is 13.2. The van der Waals surface area contributed by atoms with Crippen LogP contribution in [0.1, 0.15) is 27.5 Å². The van der Waals surface area contributed by atoms with Gasteiger partial charge in [0, 0.05) is 18.7 Å². The van der Waals surface area contributed by atoms with Crippen molar-refractivity contribution in [3.63, 3.8) is 0 Å². The molecule has 7 nitrogen and oxygen atoms in total. The van der Waals surface area contributed by atoms with Crippen LogP contribution >= 0.6 is 0 Å². The molecule has 182 valence electrons. The molecule has 3 aromatic carbocycles. The summed E-state index contributed by atoms with van der Waals surface area (Å²) in [6.07, 6.45) is 0.665. The minimum absolute atomic E-state index is 0.102. The van der Waals surface area contributed by atoms with Crippen molar-refractivity contribution in [3.05, 3.63) is 95.6 Å². The number of methoxy groups -OCH3 is 1. The van der Waals surface area contributed by atoms with E-state index in [4.69, 9.17) is 14.2 Å². The summed E-state index contributed by atoms with van der Waals surface area (Å²) in [6, 6.07) is 24.7. The smallest absolute Gasteiger partial charge is 0.260 e. The second-order valence-electron chi connectivity index (χ2n) is 8.27. The quantitative estimate of drug-likeness (QED) is 0.512. The maximum Gasteiger partial charge on any atom is 0.260 e. The number of morpholine rings is 1. The highest BCUT2D eigenvalue weighted by Gasteiger charge is 2.20. The number of ether oxygens (including phenoxy) is 3. The molecule has 0 aliphatic carbocycles. The molecule has 0 saturated carbocycles. The lowest BCUT2D eigenvalue weighted by atomic mass is 9.98. The van der Waals surface area contributed by atoms with E-state index in [0.717, 1.165) is 11.1 Å². The summed E-state index contributed by atoms with van der Waals surface area (Å²) in [5.74, 6) is 0.481. The van der Waals surface area contributed by atoms with Crippen molar-refractivity contribution in [2.24, 2.45) is 0 Å². The molecule has 0 unspecified atom stereocenters. The molecule has 0 bridgehead atoms. The van der Waals surface area contributed by atoms with E-state index in [-0.39, 0.29) is 24.5 Å². The minimum Gasteiger partial charge on any atom is -0.493 e. The fourth-order valence-corrected chi connectivity index (χ4v) is 4.00. The molecule has 1 fully saturated rings. The Morgan fingerprint density at radius 3 is 2.31 bits per heavy atom. The molecule has 0 spiro atoms. The largest absolute Gasteiger partial charge is 0.493 e. The zero-order valence-electron chi connectivity index (χ0n) is 19.8. The van der Waals surface area contributed by atoms with Crippen LogP contribution in [0.15, 0.2) is 78.9 Å². The fourth-order valence-electron chi connectivity index (χ4n) is 4.00. The first-order valence-electron chi connectivity index (χ1n) is 11.7. The molecule has 1 aliphatic rings. The Kier molecular flexibility index (Phi) is 8.35. The van der Waals surface area contributed by atoms with Gasteiger partial charge in [-0.05, 0) is 35.7 Å².